The third kappa shape index (κ3) is 3.81. The summed E-state index contributed by atoms with van der Waals surface area (Å²) in [7, 11) is 0. The van der Waals surface area contributed by atoms with Crippen LogP contribution in [0.2, 0.25) is 5.02 Å². The normalized spacial score (nSPS) is 16.1. The molecule has 0 unspecified atom stereocenters. The first-order valence-electron chi connectivity index (χ1n) is 6.25. The Kier molecular flexibility index (Phi) is 4.74. The van der Waals surface area contributed by atoms with Gasteiger partial charge in [-0.1, -0.05) is 17.7 Å². The number of halogens is 2. The first-order valence-corrected chi connectivity index (χ1v) is 6.63. The predicted molar refractivity (Wildman–Crippen MR) is 74.7 cm³/mol. The molecule has 0 saturated carbocycles. The zero-order chi connectivity index (χ0) is 14.5. The van der Waals surface area contributed by atoms with Gasteiger partial charge in [-0.05, 0) is 23.8 Å². The number of carbonyl (C=O) groups excluding carboxylic acids is 2. The van der Waals surface area contributed by atoms with Crippen LogP contribution in [0.1, 0.15) is 12.0 Å². The van der Waals surface area contributed by atoms with Crippen molar-refractivity contribution in [1.82, 2.24) is 10.2 Å². The van der Waals surface area contributed by atoms with Gasteiger partial charge >= 0.3 is 0 Å². The van der Waals surface area contributed by atoms with Crippen molar-refractivity contribution in [2.45, 2.75) is 6.42 Å². The van der Waals surface area contributed by atoms with Crippen molar-refractivity contribution in [1.29, 1.82) is 0 Å². The summed E-state index contributed by atoms with van der Waals surface area (Å²) in [5, 5.41) is 2.72. The Morgan fingerprint density at radius 1 is 1.40 bits per heavy atom. The SMILES string of the molecule is O=C1CCN(C(=O)C=Cc2ccc(F)c(Cl)c2)CCN1. The number of carbonyl (C=O) groups is 2. The van der Waals surface area contributed by atoms with Gasteiger partial charge in [0.15, 0.2) is 0 Å². The fraction of sp³-hybridized carbons (Fsp3) is 0.286. The minimum atomic E-state index is -0.493. The van der Waals surface area contributed by atoms with Gasteiger partial charge in [0.2, 0.25) is 11.8 Å². The van der Waals surface area contributed by atoms with Crippen LogP contribution < -0.4 is 5.32 Å². The van der Waals surface area contributed by atoms with Gasteiger partial charge < -0.3 is 10.2 Å². The quantitative estimate of drug-likeness (QED) is 0.847. The van der Waals surface area contributed by atoms with Crippen LogP contribution in [0, 0.1) is 5.82 Å². The van der Waals surface area contributed by atoms with E-state index in [1.54, 1.807) is 17.0 Å². The van der Waals surface area contributed by atoms with Crippen molar-refractivity contribution >= 4 is 29.5 Å². The number of hydrogen-bond donors (Lipinski definition) is 1. The molecule has 4 nitrogen and oxygen atoms in total. The maximum absolute atomic E-state index is 13.0. The third-order valence-corrected chi connectivity index (χ3v) is 3.28. The molecule has 2 amide bonds. The highest BCUT2D eigenvalue weighted by atomic mass is 35.5. The lowest BCUT2D eigenvalue weighted by molar-refractivity contribution is -0.125. The molecule has 1 fully saturated rings. The van der Waals surface area contributed by atoms with Gasteiger partial charge in [-0.2, -0.15) is 0 Å². The Morgan fingerprint density at radius 2 is 2.20 bits per heavy atom. The van der Waals surface area contributed by atoms with Crippen molar-refractivity contribution in [2.24, 2.45) is 0 Å². The molecule has 6 heteroatoms. The largest absolute Gasteiger partial charge is 0.354 e. The Bertz CT molecular complexity index is 560. The maximum atomic E-state index is 13.0. The molecule has 20 heavy (non-hydrogen) atoms. The van der Waals surface area contributed by atoms with E-state index in [2.05, 4.69) is 5.32 Å². The highest BCUT2D eigenvalue weighted by molar-refractivity contribution is 6.30. The molecule has 1 N–H and O–H groups in total. The van der Waals surface area contributed by atoms with Crippen molar-refractivity contribution in [3.05, 3.63) is 40.7 Å². The molecule has 0 atom stereocenters. The fourth-order valence-electron chi connectivity index (χ4n) is 1.88. The summed E-state index contributed by atoms with van der Waals surface area (Å²) in [4.78, 5) is 24.8. The molecule has 0 spiro atoms. The monoisotopic (exact) mass is 296 g/mol. The number of benzene rings is 1. The maximum Gasteiger partial charge on any atom is 0.246 e. The number of nitrogens with zero attached hydrogens (tertiary/aromatic N) is 1. The lowest BCUT2D eigenvalue weighted by Gasteiger charge is -2.17. The van der Waals surface area contributed by atoms with Gasteiger partial charge in [0.05, 0.1) is 5.02 Å². The lowest BCUT2D eigenvalue weighted by atomic mass is 10.2. The molecular formula is C14H14ClFN2O2. The van der Waals surface area contributed by atoms with E-state index >= 15 is 0 Å². The van der Waals surface area contributed by atoms with Gasteiger partial charge in [0, 0.05) is 32.1 Å². The Labute approximate surface area is 121 Å². The zero-order valence-electron chi connectivity index (χ0n) is 10.7. The van der Waals surface area contributed by atoms with E-state index in [4.69, 9.17) is 11.6 Å². The molecule has 1 heterocycles. The molecule has 0 radical (unpaired) electrons. The highest BCUT2D eigenvalue weighted by Crippen LogP contribution is 2.17. The predicted octanol–water partition coefficient (Wildman–Crippen LogP) is 1.84. The van der Waals surface area contributed by atoms with Crippen molar-refractivity contribution in [2.75, 3.05) is 19.6 Å². The van der Waals surface area contributed by atoms with E-state index in [1.165, 1.54) is 18.2 Å². The van der Waals surface area contributed by atoms with Gasteiger partial charge in [-0.25, -0.2) is 4.39 Å². The molecule has 1 aliphatic rings. The van der Waals surface area contributed by atoms with Crippen LogP contribution in [0.3, 0.4) is 0 Å². The van der Waals surface area contributed by atoms with Crippen LogP contribution in [0.15, 0.2) is 24.3 Å². The summed E-state index contributed by atoms with van der Waals surface area (Å²) >= 11 is 5.67. The van der Waals surface area contributed by atoms with Gasteiger partial charge in [-0.3, -0.25) is 9.59 Å². The first kappa shape index (κ1) is 14.5. The summed E-state index contributed by atoms with van der Waals surface area (Å²) in [5.74, 6) is -0.719. The second-order valence-corrected chi connectivity index (χ2v) is 4.84. The summed E-state index contributed by atoms with van der Waals surface area (Å²) in [6.45, 7) is 1.35. The fourth-order valence-corrected chi connectivity index (χ4v) is 2.07. The number of amides is 2. The summed E-state index contributed by atoms with van der Waals surface area (Å²) in [5.41, 5.74) is 0.647. The molecule has 1 aliphatic heterocycles. The van der Waals surface area contributed by atoms with Gasteiger partial charge in [0.1, 0.15) is 5.82 Å². The molecule has 2 rings (SSSR count). The van der Waals surface area contributed by atoms with E-state index in [0.29, 0.717) is 31.6 Å². The van der Waals surface area contributed by atoms with E-state index in [0.717, 1.165) is 0 Å². The minimum absolute atomic E-state index is 0.0177. The Balaban J connectivity index is 2.01. The minimum Gasteiger partial charge on any atom is -0.354 e. The molecule has 1 saturated heterocycles. The zero-order valence-corrected chi connectivity index (χ0v) is 11.5. The van der Waals surface area contributed by atoms with Crippen molar-refractivity contribution in [3.63, 3.8) is 0 Å². The third-order valence-electron chi connectivity index (χ3n) is 2.99. The second-order valence-electron chi connectivity index (χ2n) is 4.43. The van der Waals surface area contributed by atoms with E-state index in [1.807, 2.05) is 0 Å². The van der Waals surface area contributed by atoms with Gasteiger partial charge in [-0.15, -0.1) is 0 Å². The standard InChI is InChI=1S/C14H14ClFN2O2/c15-11-9-10(1-3-12(11)16)2-4-14(20)18-7-5-13(19)17-6-8-18/h1-4,9H,5-8H2,(H,17,19). The summed E-state index contributed by atoms with van der Waals surface area (Å²) in [6, 6.07) is 4.24. The summed E-state index contributed by atoms with van der Waals surface area (Å²) in [6.07, 6.45) is 3.29. The molecule has 0 aliphatic carbocycles. The number of hydrogen-bond acceptors (Lipinski definition) is 2. The van der Waals surface area contributed by atoms with Crippen LogP contribution in [0.25, 0.3) is 6.08 Å². The van der Waals surface area contributed by atoms with E-state index in [9.17, 15) is 14.0 Å². The molecule has 1 aromatic rings. The topological polar surface area (TPSA) is 49.4 Å². The van der Waals surface area contributed by atoms with E-state index in [-0.39, 0.29) is 16.8 Å². The van der Waals surface area contributed by atoms with Crippen LogP contribution >= 0.6 is 11.6 Å². The molecule has 106 valence electrons. The van der Waals surface area contributed by atoms with Crippen molar-refractivity contribution in [3.8, 4) is 0 Å². The van der Waals surface area contributed by atoms with Crippen LogP contribution in [-0.4, -0.2) is 36.3 Å². The highest BCUT2D eigenvalue weighted by Gasteiger charge is 2.16. The van der Waals surface area contributed by atoms with Crippen LogP contribution in [-0.2, 0) is 9.59 Å². The average molecular weight is 297 g/mol. The Morgan fingerprint density at radius 3 is 2.95 bits per heavy atom. The molecular weight excluding hydrogens is 283 g/mol. The average Bonchev–Trinajstić information content (AvgIpc) is 2.64. The first-order chi connectivity index (χ1) is 9.56. The van der Waals surface area contributed by atoms with Crippen LogP contribution in [0.4, 0.5) is 4.39 Å². The number of rotatable bonds is 2. The lowest BCUT2D eigenvalue weighted by Crippen LogP contribution is -2.32. The summed E-state index contributed by atoms with van der Waals surface area (Å²) < 4.78 is 13.0. The second kappa shape index (κ2) is 6.52. The number of nitrogens with one attached hydrogen (secondary N) is 1. The Hall–Kier alpha value is -1.88. The van der Waals surface area contributed by atoms with Crippen LogP contribution in [0.5, 0.6) is 0 Å². The molecule has 0 bridgehead atoms. The van der Waals surface area contributed by atoms with Crippen molar-refractivity contribution < 1.29 is 14.0 Å². The van der Waals surface area contributed by atoms with Gasteiger partial charge in [0.25, 0.3) is 0 Å². The smallest absolute Gasteiger partial charge is 0.246 e. The molecule has 1 aromatic carbocycles. The van der Waals surface area contributed by atoms with E-state index < -0.39 is 5.82 Å². The molecule has 0 aromatic heterocycles.